The number of ether oxygens (including phenoxy) is 1. The lowest BCUT2D eigenvalue weighted by Gasteiger charge is -2.14. The predicted molar refractivity (Wildman–Crippen MR) is 83.7 cm³/mol. The van der Waals surface area contributed by atoms with Gasteiger partial charge in [-0.3, -0.25) is 5.32 Å². The molecule has 0 fully saturated rings. The Morgan fingerprint density at radius 2 is 1.71 bits per heavy atom. The summed E-state index contributed by atoms with van der Waals surface area (Å²) in [4.78, 5) is 11.2. The Morgan fingerprint density at radius 3 is 2.38 bits per heavy atom. The fourth-order valence-corrected chi connectivity index (χ4v) is 2.75. The fourth-order valence-electron chi connectivity index (χ4n) is 2.75. The average molecular weight is 282 g/mol. The van der Waals surface area contributed by atoms with Gasteiger partial charge in [-0.15, -0.1) is 0 Å². The normalized spacial score (nSPS) is 13.6. The van der Waals surface area contributed by atoms with E-state index in [0.717, 1.165) is 24.2 Å². The molecule has 1 aliphatic rings. The molecule has 2 aromatic rings. The first-order valence-electron chi connectivity index (χ1n) is 7.03. The van der Waals surface area contributed by atoms with Gasteiger partial charge < -0.3 is 10.1 Å². The summed E-state index contributed by atoms with van der Waals surface area (Å²) in [5.41, 5.74) is 4.56. The molecule has 0 aromatic heterocycles. The lowest BCUT2D eigenvalue weighted by Crippen LogP contribution is -2.19. The van der Waals surface area contributed by atoms with Gasteiger partial charge in [-0.25, -0.2) is 4.79 Å². The van der Waals surface area contributed by atoms with Gasteiger partial charge >= 0.3 is 6.09 Å². The second-order valence-corrected chi connectivity index (χ2v) is 5.22. The van der Waals surface area contributed by atoms with E-state index in [0.29, 0.717) is 6.04 Å². The number of nitrogens with one attached hydrogen (secondary N) is 2. The van der Waals surface area contributed by atoms with Crippen molar-refractivity contribution in [3.05, 3.63) is 59.7 Å². The van der Waals surface area contributed by atoms with E-state index < -0.39 is 6.09 Å². The summed E-state index contributed by atoms with van der Waals surface area (Å²) < 4.78 is 4.60. The van der Waals surface area contributed by atoms with Crippen molar-refractivity contribution in [2.24, 2.45) is 0 Å². The van der Waals surface area contributed by atoms with E-state index in [2.05, 4.69) is 39.6 Å². The van der Waals surface area contributed by atoms with Crippen molar-refractivity contribution in [3.8, 4) is 0 Å². The molecule has 1 amide bonds. The molecule has 0 unspecified atom stereocenters. The molecule has 0 saturated heterocycles. The van der Waals surface area contributed by atoms with Gasteiger partial charge in [0.15, 0.2) is 0 Å². The molecule has 1 aliphatic carbocycles. The van der Waals surface area contributed by atoms with Crippen molar-refractivity contribution < 1.29 is 9.53 Å². The van der Waals surface area contributed by atoms with E-state index in [9.17, 15) is 4.79 Å². The molecule has 0 saturated carbocycles. The Bertz CT molecular complexity index is 630. The van der Waals surface area contributed by atoms with E-state index in [1.807, 2.05) is 24.3 Å². The lowest BCUT2D eigenvalue weighted by molar-refractivity contribution is 0.187. The van der Waals surface area contributed by atoms with Crippen LogP contribution in [0.3, 0.4) is 0 Å². The Labute approximate surface area is 124 Å². The molecular formula is C17H18N2O2. The fraction of sp³-hybridized carbons (Fsp3) is 0.235. The third-order valence-corrected chi connectivity index (χ3v) is 3.72. The number of hydrogen-bond acceptors (Lipinski definition) is 3. The predicted octanol–water partition coefficient (Wildman–Crippen LogP) is 3.44. The van der Waals surface area contributed by atoms with Crippen LogP contribution in [0.5, 0.6) is 0 Å². The van der Waals surface area contributed by atoms with Gasteiger partial charge in [-0.2, -0.15) is 0 Å². The number of amides is 1. The smallest absolute Gasteiger partial charge is 0.411 e. The van der Waals surface area contributed by atoms with E-state index in [4.69, 9.17) is 0 Å². The van der Waals surface area contributed by atoms with E-state index in [-0.39, 0.29) is 0 Å². The van der Waals surface area contributed by atoms with E-state index >= 15 is 0 Å². The number of fused-ring (bicyclic) bond motifs is 1. The number of hydrogen-bond donors (Lipinski definition) is 2. The van der Waals surface area contributed by atoms with Gasteiger partial charge in [-0.1, -0.05) is 30.3 Å². The first kappa shape index (κ1) is 13.5. The number of benzene rings is 2. The molecule has 21 heavy (non-hydrogen) atoms. The first-order valence-corrected chi connectivity index (χ1v) is 7.03. The molecule has 0 atom stereocenters. The molecule has 108 valence electrons. The van der Waals surface area contributed by atoms with Crippen LogP contribution in [0.25, 0.3) is 0 Å². The summed E-state index contributed by atoms with van der Waals surface area (Å²) >= 11 is 0. The SMILES string of the molecule is COC(=O)Nc1cccc(NC2Cc3ccccc3C2)c1. The topological polar surface area (TPSA) is 50.4 Å². The molecule has 0 radical (unpaired) electrons. The van der Waals surface area contributed by atoms with Crippen molar-refractivity contribution in [1.82, 2.24) is 0 Å². The minimum atomic E-state index is -0.458. The second kappa shape index (κ2) is 5.87. The molecule has 2 aromatic carbocycles. The molecule has 0 aliphatic heterocycles. The Hall–Kier alpha value is -2.49. The van der Waals surface area contributed by atoms with Crippen molar-refractivity contribution in [2.45, 2.75) is 18.9 Å². The molecule has 4 nitrogen and oxygen atoms in total. The van der Waals surface area contributed by atoms with E-state index in [1.54, 1.807) is 0 Å². The first-order chi connectivity index (χ1) is 10.2. The van der Waals surface area contributed by atoms with Crippen LogP contribution < -0.4 is 10.6 Å². The van der Waals surface area contributed by atoms with E-state index in [1.165, 1.54) is 18.2 Å². The van der Waals surface area contributed by atoms with Gasteiger partial charge in [-0.05, 0) is 42.2 Å². The quantitative estimate of drug-likeness (QED) is 0.906. The maximum absolute atomic E-state index is 11.2. The zero-order valence-corrected chi connectivity index (χ0v) is 11.9. The van der Waals surface area contributed by atoms with Crippen LogP contribution in [-0.4, -0.2) is 19.2 Å². The molecule has 0 heterocycles. The van der Waals surface area contributed by atoms with Gasteiger partial charge in [0, 0.05) is 17.4 Å². The lowest BCUT2D eigenvalue weighted by atomic mass is 10.1. The number of carbonyl (C=O) groups excluding carboxylic acids is 1. The molecule has 4 heteroatoms. The van der Waals surface area contributed by atoms with Crippen molar-refractivity contribution in [3.63, 3.8) is 0 Å². The van der Waals surface area contributed by atoms with Gasteiger partial charge in [0.05, 0.1) is 7.11 Å². The summed E-state index contributed by atoms with van der Waals surface area (Å²) in [6.07, 6.45) is 1.61. The third kappa shape index (κ3) is 3.16. The van der Waals surface area contributed by atoms with Crippen molar-refractivity contribution in [2.75, 3.05) is 17.7 Å². The van der Waals surface area contributed by atoms with Crippen LogP contribution in [0.4, 0.5) is 16.2 Å². The Kier molecular flexibility index (Phi) is 3.77. The minimum Gasteiger partial charge on any atom is -0.453 e. The molecule has 0 spiro atoms. The van der Waals surface area contributed by atoms with Crippen LogP contribution in [0, 0.1) is 0 Å². The largest absolute Gasteiger partial charge is 0.453 e. The highest BCUT2D eigenvalue weighted by Crippen LogP contribution is 2.25. The maximum Gasteiger partial charge on any atom is 0.411 e. The standard InChI is InChI=1S/C17H18N2O2/c1-21-17(20)19-15-8-4-7-14(11-15)18-16-9-12-5-2-3-6-13(12)10-16/h2-8,11,16,18H,9-10H2,1H3,(H,19,20). The summed E-state index contributed by atoms with van der Waals surface area (Å²) in [6, 6.07) is 16.6. The highest BCUT2D eigenvalue weighted by molar-refractivity contribution is 5.85. The second-order valence-electron chi connectivity index (χ2n) is 5.22. The minimum absolute atomic E-state index is 0.399. The zero-order valence-electron chi connectivity index (χ0n) is 11.9. The number of carbonyl (C=O) groups is 1. The van der Waals surface area contributed by atoms with Crippen molar-refractivity contribution >= 4 is 17.5 Å². The third-order valence-electron chi connectivity index (χ3n) is 3.72. The van der Waals surface area contributed by atoms with Crippen LogP contribution >= 0.6 is 0 Å². The Morgan fingerprint density at radius 1 is 1.05 bits per heavy atom. The molecule has 2 N–H and O–H groups in total. The number of rotatable bonds is 3. The summed E-state index contributed by atoms with van der Waals surface area (Å²) in [5.74, 6) is 0. The summed E-state index contributed by atoms with van der Waals surface area (Å²) in [5, 5.41) is 6.20. The molecule has 3 rings (SSSR count). The molecule has 0 bridgehead atoms. The summed E-state index contributed by atoms with van der Waals surface area (Å²) in [6.45, 7) is 0. The van der Waals surface area contributed by atoms with Gasteiger partial charge in [0.25, 0.3) is 0 Å². The van der Waals surface area contributed by atoms with Crippen LogP contribution in [0.2, 0.25) is 0 Å². The van der Waals surface area contributed by atoms with Crippen LogP contribution in [0.1, 0.15) is 11.1 Å². The van der Waals surface area contributed by atoms with Crippen LogP contribution in [0.15, 0.2) is 48.5 Å². The Balaban J connectivity index is 1.66. The van der Waals surface area contributed by atoms with Crippen molar-refractivity contribution in [1.29, 1.82) is 0 Å². The summed E-state index contributed by atoms with van der Waals surface area (Å²) in [7, 11) is 1.35. The maximum atomic E-state index is 11.2. The van der Waals surface area contributed by atoms with Gasteiger partial charge in [0.1, 0.15) is 0 Å². The molecular weight excluding hydrogens is 264 g/mol. The average Bonchev–Trinajstić information content (AvgIpc) is 2.89. The number of methoxy groups -OCH3 is 1. The monoisotopic (exact) mass is 282 g/mol. The zero-order chi connectivity index (χ0) is 14.7. The highest BCUT2D eigenvalue weighted by atomic mass is 16.5. The number of anilines is 2. The highest BCUT2D eigenvalue weighted by Gasteiger charge is 2.20. The van der Waals surface area contributed by atoms with Crippen LogP contribution in [-0.2, 0) is 17.6 Å². The van der Waals surface area contributed by atoms with Gasteiger partial charge in [0.2, 0.25) is 0 Å².